The molecule has 1 aliphatic rings. The summed E-state index contributed by atoms with van der Waals surface area (Å²) < 4.78 is 5.84. The summed E-state index contributed by atoms with van der Waals surface area (Å²) >= 11 is 1.88. The monoisotopic (exact) mass is 321 g/mol. The zero-order valence-corrected chi connectivity index (χ0v) is 14.4. The van der Waals surface area contributed by atoms with Gasteiger partial charge in [-0.3, -0.25) is 0 Å². The molecule has 3 aromatic carbocycles. The molecule has 4 rings (SSSR count). The van der Waals surface area contributed by atoms with Crippen LogP contribution in [-0.4, -0.2) is 14.2 Å². The fraction of sp³-hybridized carbons (Fsp3) is 0.200. The number of methoxy groups -OCH3 is 1. The van der Waals surface area contributed by atoms with Crippen LogP contribution in [0.4, 0.5) is 5.69 Å². The van der Waals surface area contributed by atoms with Crippen molar-refractivity contribution in [2.45, 2.75) is 16.7 Å². The first-order chi connectivity index (χ1) is 11.1. The van der Waals surface area contributed by atoms with Crippen molar-refractivity contribution in [1.82, 2.24) is 0 Å². The predicted octanol–water partition coefficient (Wildman–Crippen LogP) is 5.26. The molecular formula is C20H19NOS. The van der Waals surface area contributed by atoms with Crippen LogP contribution in [0, 0.1) is 0 Å². The van der Waals surface area contributed by atoms with Gasteiger partial charge in [0.15, 0.2) is 0 Å². The third kappa shape index (κ3) is 2.03. The molecule has 1 atom stereocenters. The molecule has 0 bridgehead atoms. The normalized spacial score (nSPS) is 19.9. The van der Waals surface area contributed by atoms with Crippen molar-refractivity contribution in [3.63, 3.8) is 0 Å². The number of hydrogen-bond acceptors (Lipinski definition) is 3. The van der Waals surface area contributed by atoms with Crippen LogP contribution in [0.2, 0.25) is 0 Å². The Kier molecular flexibility index (Phi) is 3.27. The predicted molar refractivity (Wildman–Crippen MR) is 98.6 cm³/mol. The number of nitrogens with zero attached hydrogens (tertiary/aromatic N) is 1. The van der Waals surface area contributed by atoms with E-state index >= 15 is 0 Å². The Labute approximate surface area is 141 Å². The highest BCUT2D eigenvalue weighted by Gasteiger charge is 2.42. The van der Waals surface area contributed by atoms with Crippen LogP contribution in [-0.2, 0) is 4.87 Å². The van der Waals surface area contributed by atoms with Gasteiger partial charge in [-0.2, -0.15) is 0 Å². The largest absolute Gasteiger partial charge is 0.496 e. The summed E-state index contributed by atoms with van der Waals surface area (Å²) in [5.41, 5.74) is 2.48. The molecule has 0 spiro atoms. The van der Waals surface area contributed by atoms with Crippen molar-refractivity contribution in [1.29, 1.82) is 0 Å². The third-order valence-corrected chi connectivity index (χ3v) is 6.22. The van der Waals surface area contributed by atoms with Gasteiger partial charge in [0.2, 0.25) is 0 Å². The van der Waals surface area contributed by atoms with Gasteiger partial charge in [-0.25, -0.2) is 0 Å². The second-order valence-corrected chi connectivity index (χ2v) is 7.42. The highest BCUT2D eigenvalue weighted by atomic mass is 32.2. The number of hydrogen-bond donors (Lipinski definition) is 0. The van der Waals surface area contributed by atoms with Crippen molar-refractivity contribution >= 4 is 28.2 Å². The van der Waals surface area contributed by atoms with Crippen molar-refractivity contribution in [2.24, 2.45) is 0 Å². The second kappa shape index (κ2) is 5.20. The minimum absolute atomic E-state index is 0.181. The van der Waals surface area contributed by atoms with E-state index in [9.17, 15) is 0 Å². The molecule has 1 heterocycles. The van der Waals surface area contributed by atoms with Crippen LogP contribution in [0.3, 0.4) is 0 Å². The van der Waals surface area contributed by atoms with E-state index in [1.165, 1.54) is 26.9 Å². The Balaban J connectivity index is 1.93. The van der Waals surface area contributed by atoms with Gasteiger partial charge < -0.3 is 9.64 Å². The van der Waals surface area contributed by atoms with E-state index < -0.39 is 0 Å². The van der Waals surface area contributed by atoms with Gasteiger partial charge in [0.25, 0.3) is 0 Å². The number of ether oxygens (including phenoxy) is 1. The Morgan fingerprint density at radius 1 is 0.957 bits per heavy atom. The molecule has 0 amide bonds. The standard InChI is InChI=1S/C20H19NOS/c1-20(21(2)17-10-6-7-11-18(17)23-20)16-13-12-14-8-4-5-9-15(14)19(16)22-3/h4-13H,1-3H3. The number of rotatable bonds is 2. The lowest BCUT2D eigenvalue weighted by atomic mass is 9.99. The van der Waals surface area contributed by atoms with Crippen molar-refractivity contribution in [3.8, 4) is 5.75 Å². The van der Waals surface area contributed by atoms with E-state index in [0.29, 0.717) is 0 Å². The van der Waals surface area contributed by atoms with Crippen LogP contribution in [0.5, 0.6) is 5.75 Å². The van der Waals surface area contributed by atoms with Crippen LogP contribution < -0.4 is 9.64 Å². The molecule has 0 N–H and O–H groups in total. The summed E-state index contributed by atoms with van der Waals surface area (Å²) in [6, 6.07) is 21.4. The van der Waals surface area contributed by atoms with E-state index in [-0.39, 0.29) is 4.87 Å². The molecule has 1 aliphatic heterocycles. The number of anilines is 1. The number of fused-ring (bicyclic) bond motifs is 2. The van der Waals surface area contributed by atoms with Crippen LogP contribution in [0.1, 0.15) is 12.5 Å². The van der Waals surface area contributed by atoms with Crippen LogP contribution in [0.25, 0.3) is 10.8 Å². The van der Waals surface area contributed by atoms with E-state index in [1.807, 2.05) is 11.8 Å². The zero-order chi connectivity index (χ0) is 16.0. The first-order valence-electron chi connectivity index (χ1n) is 7.73. The highest BCUT2D eigenvalue weighted by molar-refractivity contribution is 8.00. The third-order valence-electron chi connectivity index (χ3n) is 4.76. The van der Waals surface area contributed by atoms with Gasteiger partial charge in [0, 0.05) is 22.9 Å². The minimum Gasteiger partial charge on any atom is -0.496 e. The Hall–Kier alpha value is -2.13. The topological polar surface area (TPSA) is 12.5 Å². The van der Waals surface area contributed by atoms with Crippen LogP contribution >= 0.6 is 11.8 Å². The summed E-state index contributed by atoms with van der Waals surface area (Å²) in [6.45, 7) is 2.27. The molecule has 1 unspecified atom stereocenters. The quantitative estimate of drug-likeness (QED) is 0.638. The lowest BCUT2D eigenvalue weighted by Gasteiger charge is -2.35. The molecule has 0 aromatic heterocycles. The lowest BCUT2D eigenvalue weighted by molar-refractivity contribution is 0.409. The second-order valence-electron chi connectivity index (χ2n) is 5.98. The van der Waals surface area contributed by atoms with E-state index in [2.05, 4.69) is 79.5 Å². The molecule has 2 nitrogen and oxygen atoms in total. The summed E-state index contributed by atoms with van der Waals surface area (Å²) in [6.07, 6.45) is 0. The highest BCUT2D eigenvalue weighted by Crippen LogP contribution is 2.56. The Morgan fingerprint density at radius 3 is 2.48 bits per heavy atom. The summed E-state index contributed by atoms with van der Waals surface area (Å²) in [4.78, 5) is 3.48. The van der Waals surface area contributed by atoms with E-state index in [4.69, 9.17) is 4.74 Å². The average molecular weight is 321 g/mol. The maximum atomic E-state index is 5.84. The zero-order valence-electron chi connectivity index (χ0n) is 13.5. The van der Waals surface area contributed by atoms with Gasteiger partial charge in [0.05, 0.1) is 12.8 Å². The number of thioether (sulfide) groups is 1. The number of para-hydroxylation sites is 1. The molecule has 23 heavy (non-hydrogen) atoms. The first kappa shape index (κ1) is 14.5. The molecule has 0 saturated heterocycles. The molecule has 3 heteroatoms. The van der Waals surface area contributed by atoms with Gasteiger partial charge >= 0.3 is 0 Å². The summed E-state index contributed by atoms with van der Waals surface area (Å²) in [7, 11) is 3.93. The molecule has 3 aromatic rings. The smallest absolute Gasteiger partial charge is 0.133 e. The van der Waals surface area contributed by atoms with E-state index in [1.54, 1.807) is 7.11 Å². The summed E-state index contributed by atoms with van der Waals surface area (Å²) in [5, 5.41) is 2.37. The molecule has 0 saturated carbocycles. The van der Waals surface area contributed by atoms with Crippen molar-refractivity contribution in [2.75, 3.05) is 19.1 Å². The fourth-order valence-corrected chi connectivity index (χ4v) is 4.79. The molecule has 0 radical (unpaired) electrons. The maximum absolute atomic E-state index is 5.84. The SMILES string of the molecule is COc1c(C2(C)Sc3ccccc3N2C)ccc2ccccc12. The Morgan fingerprint density at radius 2 is 1.70 bits per heavy atom. The van der Waals surface area contributed by atoms with Gasteiger partial charge in [-0.15, -0.1) is 0 Å². The molecule has 116 valence electrons. The maximum Gasteiger partial charge on any atom is 0.133 e. The van der Waals surface area contributed by atoms with Crippen molar-refractivity contribution in [3.05, 3.63) is 66.2 Å². The minimum atomic E-state index is -0.181. The fourth-order valence-electron chi connectivity index (χ4n) is 3.40. The lowest BCUT2D eigenvalue weighted by Crippen LogP contribution is -2.35. The summed E-state index contributed by atoms with van der Waals surface area (Å²) in [5.74, 6) is 0.970. The molecular weight excluding hydrogens is 302 g/mol. The molecule has 0 aliphatic carbocycles. The first-order valence-corrected chi connectivity index (χ1v) is 8.55. The van der Waals surface area contributed by atoms with Gasteiger partial charge in [-0.1, -0.05) is 60.3 Å². The van der Waals surface area contributed by atoms with Crippen LogP contribution in [0.15, 0.2) is 65.6 Å². The van der Waals surface area contributed by atoms with Gasteiger partial charge in [0.1, 0.15) is 10.6 Å². The van der Waals surface area contributed by atoms with E-state index in [0.717, 1.165) is 5.75 Å². The average Bonchev–Trinajstić information content (AvgIpc) is 2.86. The molecule has 0 fully saturated rings. The Bertz CT molecular complexity index is 892. The van der Waals surface area contributed by atoms with Gasteiger partial charge in [-0.05, 0) is 24.4 Å². The van der Waals surface area contributed by atoms with Crippen molar-refractivity contribution < 1.29 is 4.74 Å². The number of benzene rings is 3.